The van der Waals surface area contributed by atoms with Crippen molar-refractivity contribution in [2.45, 2.75) is 25.7 Å². The fraction of sp³-hybridized carbons (Fsp3) is 0.556. The summed E-state index contributed by atoms with van der Waals surface area (Å²) in [6.07, 6.45) is 2.82. The van der Waals surface area contributed by atoms with Gasteiger partial charge in [0.05, 0.1) is 6.61 Å². The summed E-state index contributed by atoms with van der Waals surface area (Å²) in [4.78, 5) is 28.0. The summed E-state index contributed by atoms with van der Waals surface area (Å²) >= 11 is 0. The molecule has 3 rings (SSSR count). The van der Waals surface area contributed by atoms with Crippen LogP contribution in [-0.4, -0.2) is 59.5 Å². The number of carbonyl (C=O) groups excluding carboxylic acids is 2. The van der Waals surface area contributed by atoms with Crippen molar-refractivity contribution in [3.05, 3.63) is 35.4 Å². The molecule has 1 aromatic carbocycles. The fourth-order valence-electron chi connectivity index (χ4n) is 3.95. The largest absolute Gasteiger partial charge is 0.395 e. The lowest BCUT2D eigenvalue weighted by Crippen LogP contribution is -2.55. The number of halogens is 2. The van der Waals surface area contributed by atoms with Gasteiger partial charge in [-0.1, -0.05) is 0 Å². The number of hydrogen-bond acceptors (Lipinski definition) is 3. The number of amides is 2. The summed E-state index contributed by atoms with van der Waals surface area (Å²) in [5, 5.41) is 9.14. The normalized spacial score (nSPS) is 24.0. The molecule has 0 aliphatic carbocycles. The second kappa shape index (κ2) is 7.07. The predicted molar refractivity (Wildman–Crippen MR) is 86.8 cm³/mol. The third kappa shape index (κ3) is 3.66. The zero-order valence-electron chi connectivity index (χ0n) is 14.0. The topological polar surface area (TPSA) is 60.9 Å². The Balaban J connectivity index is 1.75. The van der Waals surface area contributed by atoms with Crippen LogP contribution in [0.5, 0.6) is 0 Å². The number of β-amino-alcohol motifs (C(OH)–C–C–N with tert-alkyl or cyclic N) is 1. The minimum absolute atomic E-state index is 0.0312. The van der Waals surface area contributed by atoms with Crippen LogP contribution in [0.25, 0.3) is 0 Å². The smallest absolute Gasteiger partial charge is 0.253 e. The Kier molecular flexibility index (Phi) is 5.03. The lowest BCUT2D eigenvalue weighted by Gasteiger charge is -2.48. The van der Waals surface area contributed by atoms with Gasteiger partial charge in [-0.3, -0.25) is 9.59 Å². The van der Waals surface area contributed by atoms with Gasteiger partial charge in [-0.25, -0.2) is 8.78 Å². The quantitative estimate of drug-likeness (QED) is 0.902. The first kappa shape index (κ1) is 17.8. The molecule has 1 N–H and O–H groups in total. The molecule has 2 aliphatic heterocycles. The summed E-state index contributed by atoms with van der Waals surface area (Å²) in [5.41, 5.74) is -0.0506. The molecule has 25 heavy (non-hydrogen) atoms. The van der Waals surface area contributed by atoms with Gasteiger partial charge in [-0.05, 0) is 37.5 Å². The first-order valence-corrected chi connectivity index (χ1v) is 8.57. The van der Waals surface area contributed by atoms with Crippen LogP contribution >= 0.6 is 0 Å². The maximum Gasteiger partial charge on any atom is 0.253 e. The van der Waals surface area contributed by atoms with Gasteiger partial charge in [0.2, 0.25) is 5.91 Å². The maximum absolute atomic E-state index is 13.4. The van der Waals surface area contributed by atoms with E-state index in [1.807, 2.05) is 0 Å². The Labute approximate surface area is 145 Å². The first-order chi connectivity index (χ1) is 11.9. The standard InChI is InChI=1S/C18H22F2N2O3/c19-14-3-2-13(10-15(14)20)17(25)22-7-1-5-18(12-22)6-4-16(24)21(11-18)8-9-23/h2-3,10,23H,1,4-9,11-12H2/t18-/m1/s1. The van der Waals surface area contributed by atoms with Crippen LogP contribution in [-0.2, 0) is 4.79 Å². The number of piperidine rings is 2. The highest BCUT2D eigenvalue weighted by atomic mass is 19.2. The molecule has 0 bridgehead atoms. The molecule has 0 saturated carbocycles. The lowest BCUT2D eigenvalue weighted by atomic mass is 9.73. The van der Waals surface area contributed by atoms with Crippen molar-refractivity contribution in [2.24, 2.45) is 5.41 Å². The minimum atomic E-state index is -1.03. The number of aliphatic hydroxyl groups excluding tert-OH is 1. The van der Waals surface area contributed by atoms with Crippen LogP contribution < -0.4 is 0 Å². The van der Waals surface area contributed by atoms with Gasteiger partial charge in [0.25, 0.3) is 5.91 Å². The number of hydrogen-bond donors (Lipinski definition) is 1. The van der Waals surface area contributed by atoms with E-state index in [0.717, 1.165) is 25.0 Å². The van der Waals surface area contributed by atoms with E-state index >= 15 is 0 Å². The molecule has 2 heterocycles. The van der Waals surface area contributed by atoms with E-state index in [2.05, 4.69) is 0 Å². The molecule has 0 radical (unpaired) electrons. The maximum atomic E-state index is 13.4. The van der Waals surface area contributed by atoms with Crippen LogP contribution in [0.3, 0.4) is 0 Å². The molecule has 1 aromatic rings. The van der Waals surface area contributed by atoms with Crippen LogP contribution in [0, 0.1) is 17.0 Å². The van der Waals surface area contributed by atoms with Crippen molar-refractivity contribution in [1.29, 1.82) is 0 Å². The Hall–Kier alpha value is -2.02. The molecule has 7 heteroatoms. The van der Waals surface area contributed by atoms with Crippen LogP contribution in [0.2, 0.25) is 0 Å². The summed E-state index contributed by atoms with van der Waals surface area (Å²) in [6.45, 7) is 1.79. The number of likely N-dealkylation sites (tertiary alicyclic amines) is 2. The highest BCUT2D eigenvalue weighted by Gasteiger charge is 2.42. The molecule has 1 atom stereocenters. The van der Waals surface area contributed by atoms with Gasteiger partial charge in [0.1, 0.15) is 0 Å². The summed E-state index contributed by atoms with van der Waals surface area (Å²) in [6, 6.07) is 3.19. The Morgan fingerprint density at radius 1 is 1.20 bits per heavy atom. The zero-order chi connectivity index (χ0) is 18.0. The molecule has 136 valence electrons. The van der Waals surface area contributed by atoms with Crippen molar-refractivity contribution in [1.82, 2.24) is 9.80 Å². The highest BCUT2D eigenvalue weighted by molar-refractivity contribution is 5.94. The van der Waals surface area contributed by atoms with Crippen molar-refractivity contribution in [2.75, 3.05) is 32.8 Å². The monoisotopic (exact) mass is 352 g/mol. The lowest BCUT2D eigenvalue weighted by molar-refractivity contribution is -0.139. The molecule has 5 nitrogen and oxygen atoms in total. The molecular formula is C18H22F2N2O3. The second-order valence-corrected chi connectivity index (χ2v) is 7.00. The minimum Gasteiger partial charge on any atom is -0.395 e. The number of benzene rings is 1. The molecule has 2 aliphatic rings. The van der Waals surface area contributed by atoms with Gasteiger partial charge in [-0.15, -0.1) is 0 Å². The van der Waals surface area contributed by atoms with Gasteiger partial charge in [0.15, 0.2) is 11.6 Å². The average molecular weight is 352 g/mol. The Morgan fingerprint density at radius 3 is 2.72 bits per heavy atom. The van der Waals surface area contributed by atoms with E-state index in [1.54, 1.807) is 9.80 Å². The molecule has 2 saturated heterocycles. The van der Waals surface area contributed by atoms with Crippen molar-refractivity contribution < 1.29 is 23.5 Å². The summed E-state index contributed by atoms with van der Waals surface area (Å²) < 4.78 is 26.5. The van der Waals surface area contributed by atoms with E-state index in [1.165, 1.54) is 6.07 Å². The van der Waals surface area contributed by atoms with E-state index in [4.69, 9.17) is 5.11 Å². The fourth-order valence-corrected chi connectivity index (χ4v) is 3.95. The van der Waals surface area contributed by atoms with Gasteiger partial charge >= 0.3 is 0 Å². The van der Waals surface area contributed by atoms with Crippen molar-refractivity contribution in [3.63, 3.8) is 0 Å². The molecule has 2 fully saturated rings. The van der Waals surface area contributed by atoms with E-state index in [-0.39, 0.29) is 29.4 Å². The first-order valence-electron chi connectivity index (χ1n) is 8.57. The van der Waals surface area contributed by atoms with Crippen molar-refractivity contribution in [3.8, 4) is 0 Å². The number of carbonyl (C=O) groups is 2. The second-order valence-electron chi connectivity index (χ2n) is 7.00. The highest BCUT2D eigenvalue weighted by Crippen LogP contribution is 2.39. The van der Waals surface area contributed by atoms with Gasteiger partial charge < -0.3 is 14.9 Å². The zero-order valence-corrected chi connectivity index (χ0v) is 14.0. The van der Waals surface area contributed by atoms with Crippen molar-refractivity contribution >= 4 is 11.8 Å². The van der Waals surface area contributed by atoms with Gasteiger partial charge in [0, 0.05) is 43.6 Å². The third-order valence-corrected chi connectivity index (χ3v) is 5.23. The molecule has 1 spiro atoms. The van der Waals surface area contributed by atoms with Crippen LogP contribution in [0.4, 0.5) is 8.78 Å². The van der Waals surface area contributed by atoms with Crippen LogP contribution in [0.1, 0.15) is 36.0 Å². The number of nitrogens with zero attached hydrogens (tertiary/aromatic N) is 2. The predicted octanol–water partition coefficient (Wildman–Crippen LogP) is 1.80. The van der Waals surface area contributed by atoms with E-state index < -0.39 is 11.6 Å². The van der Waals surface area contributed by atoms with E-state index in [0.29, 0.717) is 39.0 Å². The van der Waals surface area contributed by atoms with Crippen LogP contribution in [0.15, 0.2) is 18.2 Å². The molecular weight excluding hydrogens is 330 g/mol. The average Bonchev–Trinajstić information content (AvgIpc) is 2.60. The van der Waals surface area contributed by atoms with E-state index in [9.17, 15) is 18.4 Å². The Bertz CT molecular complexity index is 682. The number of aliphatic hydroxyl groups is 1. The molecule has 0 aromatic heterocycles. The molecule has 0 unspecified atom stereocenters. The SMILES string of the molecule is O=C1CC[C@]2(CCCN(C(=O)c3ccc(F)c(F)c3)C2)CN1CCO. The number of rotatable bonds is 3. The molecule has 2 amide bonds. The van der Waals surface area contributed by atoms with Gasteiger partial charge in [-0.2, -0.15) is 0 Å². The third-order valence-electron chi connectivity index (χ3n) is 5.23. The summed E-state index contributed by atoms with van der Waals surface area (Å²) in [5.74, 6) is -2.29. The Morgan fingerprint density at radius 2 is 2.00 bits per heavy atom. The summed E-state index contributed by atoms with van der Waals surface area (Å²) in [7, 11) is 0.